The Morgan fingerprint density at radius 2 is 2.00 bits per heavy atom. The molecule has 4 rings (SSSR count). The zero-order valence-corrected chi connectivity index (χ0v) is 14.2. The van der Waals surface area contributed by atoms with Gasteiger partial charge < -0.3 is 5.32 Å². The van der Waals surface area contributed by atoms with E-state index in [1.54, 1.807) is 4.57 Å². The molecule has 3 atom stereocenters. The second-order valence-electron chi connectivity index (χ2n) is 6.96. The van der Waals surface area contributed by atoms with Crippen molar-refractivity contribution < 1.29 is 4.79 Å². The molecule has 2 bridgehead atoms. The lowest BCUT2D eigenvalue weighted by molar-refractivity contribution is 0.169. The number of nitrogens with one attached hydrogen (secondary N) is 1. The fraction of sp³-hybridized carbons (Fsp3) is 0.556. The molecule has 6 nitrogen and oxygen atoms in total. The summed E-state index contributed by atoms with van der Waals surface area (Å²) in [6.45, 7) is 2.47. The molecule has 0 radical (unpaired) electrons. The van der Waals surface area contributed by atoms with Crippen LogP contribution in [-0.2, 0) is 6.54 Å². The zero-order chi connectivity index (χ0) is 16.8. The number of carbonyl (C=O) groups excluding carboxylic acids is 1. The molecule has 2 saturated heterocycles. The van der Waals surface area contributed by atoms with Crippen molar-refractivity contribution in [3.05, 3.63) is 34.7 Å². The van der Waals surface area contributed by atoms with Crippen molar-refractivity contribution in [1.82, 2.24) is 19.4 Å². The summed E-state index contributed by atoms with van der Waals surface area (Å²) in [5, 5.41) is 3.14. The molecule has 2 aliphatic rings. The number of aromatic nitrogens is 2. The van der Waals surface area contributed by atoms with Crippen LogP contribution in [0.5, 0.6) is 0 Å². The van der Waals surface area contributed by atoms with Crippen molar-refractivity contribution in [2.45, 2.75) is 57.3 Å². The van der Waals surface area contributed by atoms with Crippen LogP contribution in [0.4, 0.5) is 4.79 Å². The molecule has 2 fully saturated rings. The number of para-hydroxylation sites is 2. The Balaban J connectivity index is 1.67. The summed E-state index contributed by atoms with van der Waals surface area (Å²) < 4.78 is 2.94. The highest BCUT2D eigenvalue weighted by Crippen LogP contribution is 2.34. The number of imidazole rings is 1. The van der Waals surface area contributed by atoms with E-state index >= 15 is 0 Å². The van der Waals surface area contributed by atoms with E-state index in [9.17, 15) is 9.59 Å². The van der Waals surface area contributed by atoms with Gasteiger partial charge in [-0.05, 0) is 45.4 Å². The zero-order valence-electron chi connectivity index (χ0n) is 14.2. The normalized spacial score (nSPS) is 26.8. The lowest BCUT2D eigenvalue weighted by Gasteiger charge is -2.32. The van der Waals surface area contributed by atoms with Crippen LogP contribution < -0.4 is 11.0 Å². The van der Waals surface area contributed by atoms with Crippen LogP contribution in [0.1, 0.15) is 32.6 Å². The summed E-state index contributed by atoms with van der Waals surface area (Å²) in [6, 6.07) is 8.26. The average Bonchev–Trinajstić information content (AvgIpc) is 2.91. The van der Waals surface area contributed by atoms with Gasteiger partial charge in [-0.1, -0.05) is 18.6 Å². The van der Waals surface area contributed by atoms with Gasteiger partial charge in [0.15, 0.2) is 0 Å². The molecule has 3 heterocycles. The summed E-state index contributed by atoms with van der Waals surface area (Å²) >= 11 is 0. The Morgan fingerprint density at radius 1 is 1.25 bits per heavy atom. The number of likely N-dealkylation sites (N-methyl/N-ethyl adjacent to an activating group) is 1. The first-order valence-corrected chi connectivity index (χ1v) is 8.85. The van der Waals surface area contributed by atoms with Gasteiger partial charge in [-0.25, -0.2) is 14.2 Å². The van der Waals surface area contributed by atoms with E-state index in [-0.39, 0.29) is 17.8 Å². The van der Waals surface area contributed by atoms with Crippen LogP contribution in [0.15, 0.2) is 29.1 Å². The smallest absolute Gasteiger partial charge is 0.333 e. The summed E-state index contributed by atoms with van der Waals surface area (Å²) in [5.41, 5.74) is 1.23. The van der Waals surface area contributed by atoms with E-state index < -0.39 is 0 Å². The molecule has 128 valence electrons. The van der Waals surface area contributed by atoms with E-state index in [0.717, 1.165) is 18.4 Å². The number of rotatable bonds is 2. The number of fused-ring (bicyclic) bond motifs is 3. The summed E-state index contributed by atoms with van der Waals surface area (Å²) in [4.78, 5) is 28.0. The monoisotopic (exact) mass is 328 g/mol. The van der Waals surface area contributed by atoms with Gasteiger partial charge >= 0.3 is 11.7 Å². The molecule has 0 unspecified atom stereocenters. The average molecular weight is 328 g/mol. The molecule has 1 aromatic heterocycles. The number of benzene rings is 1. The SMILES string of the molecule is CCn1c(=O)n(C(=O)N[C@H]2C[C@H]3CCC[C@@H]2N3C)c2ccccc21. The molecule has 1 N–H and O–H groups in total. The number of amides is 1. The van der Waals surface area contributed by atoms with Crippen molar-refractivity contribution in [1.29, 1.82) is 0 Å². The lowest BCUT2D eigenvalue weighted by Crippen LogP contribution is -2.48. The highest BCUT2D eigenvalue weighted by Gasteiger charge is 2.42. The Bertz CT molecular complexity index is 837. The molecule has 0 aliphatic carbocycles. The highest BCUT2D eigenvalue weighted by molar-refractivity contribution is 5.89. The van der Waals surface area contributed by atoms with E-state index in [4.69, 9.17) is 0 Å². The number of hydrogen-bond acceptors (Lipinski definition) is 3. The number of aryl methyl sites for hydroxylation is 1. The summed E-state index contributed by atoms with van der Waals surface area (Å²) in [7, 11) is 2.15. The predicted octanol–water partition coefficient (Wildman–Crippen LogP) is 2.01. The molecule has 2 aliphatic heterocycles. The fourth-order valence-electron chi connectivity index (χ4n) is 4.55. The molecule has 24 heavy (non-hydrogen) atoms. The molecule has 0 spiro atoms. The first kappa shape index (κ1) is 15.4. The number of nitrogens with zero attached hydrogens (tertiary/aromatic N) is 3. The van der Waals surface area contributed by atoms with Crippen molar-refractivity contribution >= 4 is 17.1 Å². The minimum atomic E-state index is -0.297. The van der Waals surface area contributed by atoms with Gasteiger partial charge in [0, 0.05) is 24.7 Å². The highest BCUT2D eigenvalue weighted by atomic mass is 16.2. The number of piperidine rings is 1. The van der Waals surface area contributed by atoms with Crippen molar-refractivity contribution in [3.63, 3.8) is 0 Å². The van der Waals surface area contributed by atoms with Gasteiger partial charge in [-0.2, -0.15) is 0 Å². The maximum absolute atomic E-state index is 12.9. The largest absolute Gasteiger partial charge is 0.337 e. The van der Waals surface area contributed by atoms with Crippen molar-refractivity contribution in [3.8, 4) is 0 Å². The van der Waals surface area contributed by atoms with Crippen LogP contribution in [-0.4, -0.2) is 45.2 Å². The van der Waals surface area contributed by atoms with Crippen LogP contribution in [0.25, 0.3) is 11.0 Å². The second kappa shape index (κ2) is 5.77. The van der Waals surface area contributed by atoms with E-state index in [1.165, 1.54) is 17.4 Å². The second-order valence-corrected chi connectivity index (χ2v) is 6.96. The number of hydrogen-bond donors (Lipinski definition) is 1. The van der Waals surface area contributed by atoms with Crippen molar-refractivity contribution in [2.24, 2.45) is 0 Å². The Labute approximate surface area is 141 Å². The third-order valence-corrected chi connectivity index (χ3v) is 5.79. The Morgan fingerprint density at radius 3 is 2.71 bits per heavy atom. The van der Waals surface area contributed by atoms with E-state index in [0.29, 0.717) is 24.1 Å². The molecule has 2 aromatic rings. The lowest BCUT2D eigenvalue weighted by atomic mass is 10.0. The quantitative estimate of drug-likeness (QED) is 0.917. The van der Waals surface area contributed by atoms with Gasteiger partial charge in [0.1, 0.15) is 0 Å². The minimum absolute atomic E-state index is 0.130. The maximum atomic E-state index is 12.9. The molecule has 1 aromatic carbocycles. The van der Waals surface area contributed by atoms with Crippen LogP contribution in [0.2, 0.25) is 0 Å². The molecule has 0 saturated carbocycles. The van der Waals surface area contributed by atoms with E-state index in [2.05, 4.69) is 17.3 Å². The van der Waals surface area contributed by atoms with Gasteiger partial charge in [-0.15, -0.1) is 0 Å². The van der Waals surface area contributed by atoms with Gasteiger partial charge in [0.2, 0.25) is 0 Å². The third kappa shape index (κ3) is 2.20. The van der Waals surface area contributed by atoms with Crippen LogP contribution in [0.3, 0.4) is 0 Å². The molecule has 6 heteroatoms. The predicted molar refractivity (Wildman–Crippen MR) is 93.4 cm³/mol. The number of carbonyl (C=O) groups is 1. The van der Waals surface area contributed by atoms with Crippen LogP contribution >= 0.6 is 0 Å². The fourth-order valence-corrected chi connectivity index (χ4v) is 4.55. The summed E-state index contributed by atoms with van der Waals surface area (Å²) in [5.74, 6) is 0. The van der Waals surface area contributed by atoms with Crippen molar-refractivity contribution in [2.75, 3.05) is 7.05 Å². The van der Waals surface area contributed by atoms with Gasteiger partial charge in [0.25, 0.3) is 0 Å². The Hall–Kier alpha value is -2.08. The van der Waals surface area contributed by atoms with Gasteiger partial charge in [-0.3, -0.25) is 9.47 Å². The van der Waals surface area contributed by atoms with E-state index in [1.807, 2.05) is 31.2 Å². The first-order valence-electron chi connectivity index (χ1n) is 8.85. The van der Waals surface area contributed by atoms with Crippen LogP contribution in [0, 0.1) is 0 Å². The minimum Gasteiger partial charge on any atom is -0.333 e. The third-order valence-electron chi connectivity index (χ3n) is 5.79. The first-order chi connectivity index (χ1) is 11.6. The molecule has 1 amide bonds. The Kier molecular flexibility index (Phi) is 3.72. The molecular formula is C18H24N4O2. The maximum Gasteiger partial charge on any atom is 0.337 e. The summed E-state index contributed by atoms with van der Waals surface area (Å²) in [6.07, 6.45) is 4.52. The topological polar surface area (TPSA) is 59.3 Å². The standard InChI is InChI=1S/C18H24N4O2/c1-3-21-15-8-4-5-9-16(15)22(18(21)24)17(23)19-13-11-12-7-6-10-14(13)20(12)2/h4-5,8-9,12-14H,3,6-7,10-11H2,1-2H3,(H,19,23)/t12-,13+,14+/m1/s1. The van der Waals surface area contributed by atoms with Gasteiger partial charge in [0.05, 0.1) is 11.0 Å². The molecular weight excluding hydrogens is 304 g/mol.